The van der Waals surface area contributed by atoms with Crippen molar-refractivity contribution in [2.45, 2.75) is 38.9 Å². The molecule has 3 nitrogen and oxygen atoms in total. The Kier molecular flexibility index (Phi) is 8.97. The molecule has 4 aromatic rings. The second kappa shape index (κ2) is 12.8. The van der Waals surface area contributed by atoms with Crippen molar-refractivity contribution in [2.24, 2.45) is 0 Å². The topological polar surface area (TPSA) is 27.7 Å². The molecule has 0 aromatic heterocycles. The SMILES string of the molecule is CCC(C)c1ccc(OC(COc2ccccc2-c2ccccc2)OCCc2ccccc2)cc1. The van der Waals surface area contributed by atoms with Gasteiger partial charge in [0.1, 0.15) is 11.5 Å². The summed E-state index contributed by atoms with van der Waals surface area (Å²) >= 11 is 0. The zero-order valence-corrected chi connectivity index (χ0v) is 20.6. The van der Waals surface area contributed by atoms with E-state index in [1.54, 1.807) is 0 Å². The lowest BCUT2D eigenvalue weighted by Crippen LogP contribution is -2.29. The molecule has 2 atom stereocenters. The van der Waals surface area contributed by atoms with Gasteiger partial charge in [0.05, 0.1) is 6.61 Å². The molecular weight excluding hydrogens is 432 g/mol. The molecule has 0 N–H and O–H groups in total. The summed E-state index contributed by atoms with van der Waals surface area (Å²) in [6.07, 6.45) is 1.39. The van der Waals surface area contributed by atoms with Crippen LogP contribution in [0.2, 0.25) is 0 Å². The Morgan fingerprint density at radius 3 is 2.09 bits per heavy atom. The summed E-state index contributed by atoms with van der Waals surface area (Å²) in [6.45, 7) is 5.27. The Hall–Kier alpha value is -3.56. The van der Waals surface area contributed by atoms with Gasteiger partial charge in [-0.3, -0.25) is 0 Å². The third-order valence-electron chi connectivity index (χ3n) is 6.21. The van der Waals surface area contributed by atoms with Gasteiger partial charge < -0.3 is 14.2 Å². The van der Waals surface area contributed by atoms with Crippen molar-refractivity contribution in [1.82, 2.24) is 0 Å². The van der Waals surface area contributed by atoms with Gasteiger partial charge >= 0.3 is 0 Å². The van der Waals surface area contributed by atoms with Gasteiger partial charge in [0.25, 0.3) is 0 Å². The van der Waals surface area contributed by atoms with E-state index in [1.165, 1.54) is 11.1 Å². The molecule has 0 aliphatic heterocycles. The fourth-order valence-electron chi connectivity index (χ4n) is 3.94. The number of para-hydroxylation sites is 1. The molecule has 0 radical (unpaired) electrons. The average Bonchev–Trinajstić information content (AvgIpc) is 2.93. The number of hydrogen-bond acceptors (Lipinski definition) is 3. The Morgan fingerprint density at radius 2 is 1.37 bits per heavy atom. The monoisotopic (exact) mass is 466 g/mol. The Balaban J connectivity index is 1.45. The molecule has 0 aliphatic rings. The van der Waals surface area contributed by atoms with E-state index >= 15 is 0 Å². The fraction of sp³-hybridized carbons (Fsp3) is 0.250. The maximum Gasteiger partial charge on any atom is 0.234 e. The van der Waals surface area contributed by atoms with E-state index in [0.717, 1.165) is 35.5 Å². The van der Waals surface area contributed by atoms with Crippen LogP contribution in [0.1, 0.15) is 37.3 Å². The number of ether oxygens (including phenoxy) is 3. The van der Waals surface area contributed by atoms with Crippen LogP contribution in [0.15, 0.2) is 109 Å². The largest absolute Gasteiger partial charge is 0.486 e. The van der Waals surface area contributed by atoms with E-state index in [0.29, 0.717) is 12.5 Å². The summed E-state index contributed by atoms with van der Waals surface area (Å²) in [7, 11) is 0. The van der Waals surface area contributed by atoms with Gasteiger partial charge in [-0.25, -0.2) is 0 Å². The summed E-state index contributed by atoms with van der Waals surface area (Å²) in [6, 6.07) is 37.0. The van der Waals surface area contributed by atoms with Gasteiger partial charge in [0.2, 0.25) is 6.29 Å². The molecule has 0 saturated heterocycles. The van der Waals surface area contributed by atoms with Crippen molar-refractivity contribution in [3.8, 4) is 22.6 Å². The lowest BCUT2D eigenvalue weighted by molar-refractivity contribution is -0.100. The number of rotatable bonds is 12. The highest BCUT2D eigenvalue weighted by molar-refractivity contribution is 5.70. The van der Waals surface area contributed by atoms with Gasteiger partial charge in [-0.15, -0.1) is 0 Å². The molecule has 35 heavy (non-hydrogen) atoms. The standard InChI is InChI=1S/C32H34O3/c1-3-25(2)27-18-20-29(21-19-27)35-32(33-23-22-26-12-6-4-7-13-26)24-34-31-17-11-10-16-30(31)28-14-8-5-9-15-28/h4-21,25,32H,3,22-24H2,1-2H3. The molecule has 0 spiro atoms. The zero-order chi connectivity index (χ0) is 24.3. The highest BCUT2D eigenvalue weighted by atomic mass is 16.7. The van der Waals surface area contributed by atoms with Crippen LogP contribution in [-0.4, -0.2) is 19.5 Å². The van der Waals surface area contributed by atoms with Crippen LogP contribution in [-0.2, 0) is 11.2 Å². The van der Waals surface area contributed by atoms with E-state index in [2.05, 4.69) is 56.3 Å². The van der Waals surface area contributed by atoms with E-state index < -0.39 is 6.29 Å². The van der Waals surface area contributed by atoms with Crippen molar-refractivity contribution in [1.29, 1.82) is 0 Å². The molecule has 0 aliphatic carbocycles. The Labute approximate surface area is 209 Å². The minimum absolute atomic E-state index is 0.283. The van der Waals surface area contributed by atoms with Crippen LogP contribution in [0.4, 0.5) is 0 Å². The maximum absolute atomic E-state index is 6.26. The van der Waals surface area contributed by atoms with Gasteiger partial charge in [-0.05, 0) is 53.6 Å². The molecule has 180 valence electrons. The third kappa shape index (κ3) is 7.21. The summed E-state index contributed by atoms with van der Waals surface area (Å²) in [4.78, 5) is 0. The fourth-order valence-corrected chi connectivity index (χ4v) is 3.94. The summed E-state index contributed by atoms with van der Waals surface area (Å²) < 4.78 is 18.7. The molecule has 0 bridgehead atoms. The summed E-state index contributed by atoms with van der Waals surface area (Å²) in [5.41, 5.74) is 4.72. The second-order valence-corrected chi connectivity index (χ2v) is 8.71. The highest BCUT2D eigenvalue weighted by Crippen LogP contribution is 2.30. The smallest absolute Gasteiger partial charge is 0.234 e. The second-order valence-electron chi connectivity index (χ2n) is 8.71. The van der Waals surface area contributed by atoms with Gasteiger partial charge in [0, 0.05) is 5.56 Å². The van der Waals surface area contributed by atoms with Crippen LogP contribution >= 0.6 is 0 Å². The van der Waals surface area contributed by atoms with Crippen molar-refractivity contribution >= 4 is 0 Å². The first kappa shape index (κ1) is 24.6. The van der Waals surface area contributed by atoms with Crippen LogP contribution in [0, 0.1) is 0 Å². The van der Waals surface area contributed by atoms with Crippen molar-refractivity contribution in [2.75, 3.05) is 13.2 Å². The normalized spacial score (nSPS) is 12.6. The number of benzene rings is 4. The maximum atomic E-state index is 6.26. The Bertz CT molecular complexity index is 1140. The predicted molar refractivity (Wildman–Crippen MR) is 143 cm³/mol. The summed E-state index contributed by atoms with van der Waals surface area (Å²) in [5, 5.41) is 0. The first-order chi connectivity index (χ1) is 17.2. The molecule has 4 aromatic carbocycles. The molecular formula is C32H34O3. The van der Waals surface area contributed by atoms with Crippen LogP contribution in [0.25, 0.3) is 11.1 Å². The molecule has 3 heteroatoms. The molecule has 2 unspecified atom stereocenters. The molecule has 0 heterocycles. The van der Waals surface area contributed by atoms with Crippen LogP contribution in [0.3, 0.4) is 0 Å². The predicted octanol–water partition coefficient (Wildman–Crippen LogP) is 7.91. The van der Waals surface area contributed by atoms with E-state index in [1.807, 2.05) is 66.7 Å². The van der Waals surface area contributed by atoms with Crippen molar-refractivity contribution in [3.63, 3.8) is 0 Å². The van der Waals surface area contributed by atoms with Crippen molar-refractivity contribution in [3.05, 3.63) is 120 Å². The van der Waals surface area contributed by atoms with Crippen LogP contribution < -0.4 is 9.47 Å². The van der Waals surface area contributed by atoms with E-state index in [4.69, 9.17) is 14.2 Å². The quantitative estimate of drug-likeness (QED) is 0.199. The highest BCUT2D eigenvalue weighted by Gasteiger charge is 2.15. The average molecular weight is 467 g/mol. The first-order valence-corrected chi connectivity index (χ1v) is 12.4. The zero-order valence-electron chi connectivity index (χ0n) is 20.6. The van der Waals surface area contributed by atoms with E-state index in [9.17, 15) is 0 Å². The van der Waals surface area contributed by atoms with Crippen LogP contribution in [0.5, 0.6) is 11.5 Å². The van der Waals surface area contributed by atoms with Gasteiger partial charge in [-0.1, -0.05) is 105 Å². The minimum atomic E-state index is -0.531. The lowest BCUT2D eigenvalue weighted by Gasteiger charge is -2.21. The molecule has 0 saturated carbocycles. The minimum Gasteiger partial charge on any atom is -0.486 e. The molecule has 0 fully saturated rings. The lowest BCUT2D eigenvalue weighted by atomic mass is 9.99. The van der Waals surface area contributed by atoms with Crippen molar-refractivity contribution < 1.29 is 14.2 Å². The molecule has 0 amide bonds. The van der Waals surface area contributed by atoms with E-state index in [-0.39, 0.29) is 6.61 Å². The third-order valence-corrected chi connectivity index (χ3v) is 6.21. The molecule has 4 rings (SSSR count). The van der Waals surface area contributed by atoms with Gasteiger partial charge in [0.15, 0.2) is 6.61 Å². The van der Waals surface area contributed by atoms with Gasteiger partial charge in [-0.2, -0.15) is 0 Å². The summed E-state index contributed by atoms with van der Waals surface area (Å²) in [5.74, 6) is 2.12. The first-order valence-electron chi connectivity index (χ1n) is 12.4. The Morgan fingerprint density at radius 1 is 0.714 bits per heavy atom. The number of hydrogen-bond donors (Lipinski definition) is 0.